The molecule has 1 fully saturated rings. The predicted molar refractivity (Wildman–Crippen MR) is 156 cm³/mol. The fourth-order valence-electron chi connectivity index (χ4n) is 6.11. The lowest BCUT2D eigenvalue weighted by Gasteiger charge is -2.29. The van der Waals surface area contributed by atoms with Crippen LogP contribution in [0.15, 0.2) is 109 Å². The Bertz CT molecular complexity index is 1160. The second-order valence-corrected chi connectivity index (χ2v) is 13.8. The van der Waals surface area contributed by atoms with Crippen LogP contribution in [-0.2, 0) is 0 Å². The molecule has 0 amide bonds. The molecule has 35 heavy (non-hydrogen) atoms. The van der Waals surface area contributed by atoms with Crippen molar-refractivity contribution in [1.29, 1.82) is 0 Å². The van der Waals surface area contributed by atoms with Crippen molar-refractivity contribution in [3.8, 4) is 11.1 Å². The van der Waals surface area contributed by atoms with Crippen molar-refractivity contribution in [1.82, 2.24) is 0 Å². The fraction of sp³-hybridized carbons (Fsp3) is 0.294. The summed E-state index contributed by atoms with van der Waals surface area (Å²) in [5.41, 5.74) is 4.24. The molecule has 4 aromatic rings. The van der Waals surface area contributed by atoms with E-state index in [0.717, 1.165) is 11.8 Å². The number of rotatable bonds is 7. The molecule has 1 aliphatic carbocycles. The summed E-state index contributed by atoms with van der Waals surface area (Å²) in [6.07, 6.45) is 8.25. The van der Waals surface area contributed by atoms with E-state index in [1.54, 1.807) is 0 Å². The Labute approximate surface area is 212 Å². The number of benzene rings is 4. The van der Waals surface area contributed by atoms with Crippen LogP contribution in [0.3, 0.4) is 0 Å². The standard InChI is InChI=1S/C34H38P/c1-3-12-27-19-21-28(22-20-27)29-23-25-30(26-24-29)33-17-10-11-18-34(33)35(2,31-13-6-4-7-14-31)32-15-8-5-9-16-32/h4-11,13-18,23-28H,3,12,19-22H2,1-2H3/q+1. The Kier molecular flexibility index (Phi) is 7.50. The molecule has 0 heterocycles. The minimum atomic E-state index is -1.78. The van der Waals surface area contributed by atoms with E-state index in [1.807, 2.05) is 0 Å². The molecule has 0 aromatic heterocycles. The molecule has 0 bridgehead atoms. The average molecular weight is 478 g/mol. The first-order valence-electron chi connectivity index (χ1n) is 13.4. The monoisotopic (exact) mass is 477 g/mol. The fourth-order valence-corrected chi connectivity index (χ4v) is 9.58. The molecule has 5 rings (SSSR count). The van der Waals surface area contributed by atoms with Crippen LogP contribution in [0.4, 0.5) is 0 Å². The summed E-state index contributed by atoms with van der Waals surface area (Å²) in [7, 11) is -1.78. The predicted octanol–water partition coefficient (Wildman–Crippen LogP) is 8.35. The lowest BCUT2D eigenvalue weighted by molar-refractivity contribution is 0.308. The lowest BCUT2D eigenvalue weighted by atomic mass is 9.77. The van der Waals surface area contributed by atoms with Crippen molar-refractivity contribution in [2.45, 2.75) is 51.4 Å². The molecule has 1 aliphatic rings. The van der Waals surface area contributed by atoms with Crippen molar-refractivity contribution in [3.05, 3.63) is 115 Å². The first-order valence-corrected chi connectivity index (χ1v) is 15.6. The zero-order valence-corrected chi connectivity index (χ0v) is 22.1. The van der Waals surface area contributed by atoms with Gasteiger partial charge in [-0.25, -0.2) is 0 Å². The quantitative estimate of drug-likeness (QED) is 0.235. The molecule has 4 aromatic carbocycles. The topological polar surface area (TPSA) is 0 Å². The van der Waals surface area contributed by atoms with Gasteiger partial charge in [0.1, 0.15) is 23.2 Å². The highest BCUT2D eigenvalue weighted by atomic mass is 31.2. The average Bonchev–Trinajstić information content (AvgIpc) is 2.94. The highest BCUT2D eigenvalue weighted by molar-refractivity contribution is 7.95. The Morgan fingerprint density at radius 3 is 1.74 bits per heavy atom. The minimum absolute atomic E-state index is 0.735. The third-order valence-corrected chi connectivity index (χ3v) is 12.2. The van der Waals surface area contributed by atoms with Gasteiger partial charge in [0.05, 0.1) is 6.66 Å². The van der Waals surface area contributed by atoms with Gasteiger partial charge in [0.2, 0.25) is 0 Å². The van der Waals surface area contributed by atoms with Gasteiger partial charge in [-0.1, -0.05) is 98.6 Å². The van der Waals surface area contributed by atoms with E-state index in [2.05, 4.69) is 123 Å². The maximum Gasteiger partial charge on any atom is 0.112 e. The Morgan fingerprint density at radius 2 is 1.17 bits per heavy atom. The van der Waals surface area contributed by atoms with Gasteiger partial charge in [-0.15, -0.1) is 0 Å². The molecule has 0 nitrogen and oxygen atoms in total. The molecule has 0 atom stereocenters. The lowest BCUT2D eigenvalue weighted by Crippen LogP contribution is -2.31. The summed E-state index contributed by atoms with van der Waals surface area (Å²) in [5, 5.41) is 4.32. The van der Waals surface area contributed by atoms with Gasteiger partial charge in [0, 0.05) is 5.56 Å². The van der Waals surface area contributed by atoms with Gasteiger partial charge >= 0.3 is 0 Å². The van der Waals surface area contributed by atoms with Crippen molar-refractivity contribution < 1.29 is 0 Å². The smallest absolute Gasteiger partial charge is 0.0654 e. The van der Waals surface area contributed by atoms with Gasteiger partial charge in [0.25, 0.3) is 0 Å². The van der Waals surface area contributed by atoms with Crippen LogP contribution >= 0.6 is 7.26 Å². The van der Waals surface area contributed by atoms with Crippen molar-refractivity contribution in [2.24, 2.45) is 5.92 Å². The van der Waals surface area contributed by atoms with Crippen molar-refractivity contribution >= 4 is 23.2 Å². The molecule has 0 radical (unpaired) electrons. The van der Waals surface area contributed by atoms with E-state index < -0.39 is 7.26 Å². The van der Waals surface area contributed by atoms with E-state index >= 15 is 0 Å². The normalized spacial score (nSPS) is 18.3. The molecule has 178 valence electrons. The SMILES string of the molecule is CCCC1CCC(c2ccc(-c3ccccc3[P+](C)(c3ccccc3)c3ccccc3)cc2)CC1. The summed E-state index contributed by atoms with van der Waals surface area (Å²) < 4.78 is 0. The summed E-state index contributed by atoms with van der Waals surface area (Å²) in [6.45, 7) is 4.81. The third-order valence-electron chi connectivity index (χ3n) is 8.17. The molecule has 0 N–H and O–H groups in total. The largest absolute Gasteiger partial charge is 0.112 e. The van der Waals surface area contributed by atoms with Crippen molar-refractivity contribution in [2.75, 3.05) is 6.66 Å². The van der Waals surface area contributed by atoms with E-state index in [4.69, 9.17) is 0 Å². The van der Waals surface area contributed by atoms with Crippen LogP contribution in [0, 0.1) is 5.92 Å². The molecule has 0 saturated heterocycles. The molecule has 0 spiro atoms. The highest BCUT2D eigenvalue weighted by Crippen LogP contribution is 2.53. The summed E-state index contributed by atoms with van der Waals surface area (Å²) in [5.74, 6) is 1.69. The molecule has 0 aliphatic heterocycles. The van der Waals surface area contributed by atoms with Crippen LogP contribution in [0.5, 0.6) is 0 Å². The van der Waals surface area contributed by atoms with E-state index in [1.165, 1.54) is 71.1 Å². The number of hydrogen-bond acceptors (Lipinski definition) is 0. The van der Waals surface area contributed by atoms with Crippen LogP contribution in [0.2, 0.25) is 0 Å². The van der Waals surface area contributed by atoms with E-state index in [0.29, 0.717) is 0 Å². The zero-order chi connectivity index (χ0) is 24.1. The Balaban J connectivity index is 1.50. The minimum Gasteiger partial charge on any atom is -0.0654 e. The molecular weight excluding hydrogens is 439 g/mol. The van der Waals surface area contributed by atoms with Gasteiger partial charge in [0.15, 0.2) is 0 Å². The van der Waals surface area contributed by atoms with Crippen LogP contribution < -0.4 is 15.9 Å². The summed E-state index contributed by atoms with van der Waals surface area (Å²) in [6, 6.07) is 40.9. The summed E-state index contributed by atoms with van der Waals surface area (Å²) >= 11 is 0. The first kappa shape index (κ1) is 24.0. The maximum atomic E-state index is 2.49. The van der Waals surface area contributed by atoms with Crippen LogP contribution in [0.25, 0.3) is 11.1 Å². The highest BCUT2D eigenvalue weighted by Gasteiger charge is 2.41. The molecule has 1 heteroatoms. The summed E-state index contributed by atoms with van der Waals surface area (Å²) in [4.78, 5) is 0. The zero-order valence-electron chi connectivity index (χ0n) is 21.2. The molecule has 0 unspecified atom stereocenters. The van der Waals surface area contributed by atoms with Crippen LogP contribution in [0.1, 0.15) is 56.9 Å². The first-order chi connectivity index (χ1) is 17.2. The number of hydrogen-bond donors (Lipinski definition) is 0. The van der Waals surface area contributed by atoms with Gasteiger partial charge in [-0.05, 0) is 79.0 Å². The van der Waals surface area contributed by atoms with Gasteiger partial charge in [-0.3, -0.25) is 0 Å². The third kappa shape index (κ3) is 5.00. The van der Waals surface area contributed by atoms with E-state index in [9.17, 15) is 0 Å². The Morgan fingerprint density at radius 1 is 0.629 bits per heavy atom. The second kappa shape index (κ2) is 10.9. The molecular formula is C34H38P+. The Hall–Kier alpha value is -2.69. The van der Waals surface area contributed by atoms with E-state index in [-0.39, 0.29) is 0 Å². The molecule has 1 saturated carbocycles. The van der Waals surface area contributed by atoms with Crippen molar-refractivity contribution in [3.63, 3.8) is 0 Å². The second-order valence-electron chi connectivity index (χ2n) is 10.3. The van der Waals surface area contributed by atoms with Gasteiger partial charge < -0.3 is 0 Å². The maximum absolute atomic E-state index is 2.49. The van der Waals surface area contributed by atoms with Crippen LogP contribution in [-0.4, -0.2) is 6.66 Å². The van der Waals surface area contributed by atoms with Gasteiger partial charge in [-0.2, -0.15) is 0 Å².